The number of benzene rings is 2. The number of carbonyl (C=O) groups is 1. The first-order chi connectivity index (χ1) is 13.5. The number of hydrogen-bond acceptors (Lipinski definition) is 4. The highest BCUT2D eigenvalue weighted by Gasteiger charge is 2.22. The fourth-order valence-electron chi connectivity index (χ4n) is 3.61. The smallest absolute Gasteiger partial charge is 0.225 e. The van der Waals surface area contributed by atoms with E-state index in [1.165, 1.54) is 0 Å². The minimum absolute atomic E-state index is 0.0307. The molecular formula is C23H25NO4. The van der Waals surface area contributed by atoms with Gasteiger partial charge in [0.15, 0.2) is 11.5 Å². The Morgan fingerprint density at radius 1 is 1.07 bits per heavy atom. The molecule has 5 heteroatoms. The summed E-state index contributed by atoms with van der Waals surface area (Å²) in [5, 5.41) is 4.16. The first-order valence-corrected chi connectivity index (χ1v) is 9.67. The van der Waals surface area contributed by atoms with Gasteiger partial charge >= 0.3 is 0 Å². The highest BCUT2D eigenvalue weighted by atomic mass is 16.6. The van der Waals surface area contributed by atoms with Crippen molar-refractivity contribution in [3.05, 3.63) is 59.4 Å². The molecule has 0 radical (unpaired) electrons. The van der Waals surface area contributed by atoms with Crippen LogP contribution in [0.15, 0.2) is 47.1 Å². The Morgan fingerprint density at radius 2 is 1.86 bits per heavy atom. The van der Waals surface area contributed by atoms with Gasteiger partial charge in [0.1, 0.15) is 18.8 Å². The number of rotatable bonds is 5. The fourth-order valence-corrected chi connectivity index (χ4v) is 3.61. The molecule has 1 unspecified atom stereocenters. The van der Waals surface area contributed by atoms with Gasteiger partial charge in [0.05, 0.1) is 18.7 Å². The van der Waals surface area contributed by atoms with Crippen molar-refractivity contribution in [3.63, 3.8) is 0 Å². The van der Waals surface area contributed by atoms with Crippen LogP contribution < -0.4 is 14.8 Å². The maximum absolute atomic E-state index is 12.8. The van der Waals surface area contributed by atoms with E-state index in [2.05, 4.69) is 19.2 Å². The maximum Gasteiger partial charge on any atom is 0.225 e. The Kier molecular flexibility index (Phi) is 4.99. The zero-order valence-electron chi connectivity index (χ0n) is 16.5. The summed E-state index contributed by atoms with van der Waals surface area (Å²) < 4.78 is 16.9. The normalized spacial score (nSPS) is 14.3. The van der Waals surface area contributed by atoms with E-state index in [0.29, 0.717) is 13.2 Å². The molecule has 28 heavy (non-hydrogen) atoms. The fraction of sp³-hybridized carbons (Fsp3) is 0.348. The van der Waals surface area contributed by atoms with E-state index < -0.39 is 0 Å². The Morgan fingerprint density at radius 3 is 2.64 bits per heavy atom. The van der Waals surface area contributed by atoms with Crippen LogP contribution in [0.4, 0.5) is 0 Å². The molecule has 0 saturated heterocycles. The lowest BCUT2D eigenvalue weighted by atomic mass is 9.95. The maximum atomic E-state index is 12.8. The number of carbonyl (C=O) groups excluding carboxylic acids is 1. The van der Waals surface area contributed by atoms with Gasteiger partial charge in [-0.1, -0.05) is 32.0 Å². The van der Waals surface area contributed by atoms with Crippen LogP contribution in [0.5, 0.6) is 11.5 Å². The van der Waals surface area contributed by atoms with Gasteiger partial charge in [-0.3, -0.25) is 4.79 Å². The quantitative estimate of drug-likeness (QED) is 0.705. The number of amides is 1. The molecule has 1 aliphatic rings. The Bertz CT molecular complexity index is 1010. The van der Waals surface area contributed by atoms with Gasteiger partial charge in [0.25, 0.3) is 0 Å². The van der Waals surface area contributed by atoms with Crippen molar-refractivity contribution in [2.45, 2.75) is 33.2 Å². The third-order valence-corrected chi connectivity index (χ3v) is 5.07. The molecule has 5 nitrogen and oxygen atoms in total. The number of nitrogens with one attached hydrogen (secondary N) is 1. The zero-order valence-corrected chi connectivity index (χ0v) is 16.5. The van der Waals surface area contributed by atoms with Gasteiger partial charge in [-0.2, -0.15) is 0 Å². The highest BCUT2D eigenvalue weighted by Crippen LogP contribution is 2.34. The summed E-state index contributed by atoms with van der Waals surface area (Å²) in [5.74, 6) is 1.69. The van der Waals surface area contributed by atoms with Crippen molar-refractivity contribution in [2.75, 3.05) is 13.2 Å². The highest BCUT2D eigenvalue weighted by molar-refractivity contribution is 5.88. The number of fused-ring (bicyclic) bond motifs is 2. The van der Waals surface area contributed by atoms with Crippen molar-refractivity contribution >= 4 is 16.9 Å². The summed E-state index contributed by atoms with van der Waals surface area (Å²) in [4.78, 5) is 12.8. The summed E-state index contributed by atoms with van der Waals surface area (Å²) in [6.07, 6.45) is 1.96. The molecule has 1 atom stereocenters. The van der Waals surface area contributed by atoms with E-state index in [4.69, 9.17) is 13.9 Å². The number of furan rings is 1. The number of hydrogen-bond donors (Lipinski definition) is 1. The van der Waals surface area contributed by atoms with Crippen molar-refractivity contribution in [1.82, 2.24) is 5.32 Å². The summed E-state index contributed by atoms with van der Waals surface area (Å²) >= 11 is 0. The summed E-state index contributed by atoms with van der Waals surface area (Å²) in [5.41, 5.74) is 3.86. The van der Waals surface area contributed by atoms with E-state index in [9.17, 15) is 4.79 Å². The molecule has 2 heterocycles. The summed E-state index contributed by atoms with van der Waals surface area (Å²) in [6, 6.07) is 11.8. The Labute approximate surface area is 164 Å². The van der Waals surface area contributed by atoms with Crippen LogP contribution in [0.1, 0.15) is 36.6 Å². The van der Waals surface area contributed by atoms with Crippen LogP contribution in [-0.4, -0.2) is 19.1 Å². The van der Waals surface area contributed by atoms with Crippen molar-refractivity contribution < 1.29 is 18.7 Å². The van der Waals surface area contributed by atoms with Crippen LogP contribution in [0.25, 0.3) is 11.0 Å². The van der Waals surface area contributed by atoms with E-state index in [1.54, 1.807) is 6.26 Å². The molecule has 4 rings (SSSR count). The number of ether oxygens (including phenoxy) is 2. The van der Waals surface area contributed by atoms with Gasteiger partial charge in [-0.15, -0.1) is 0 Å². The zero-order chi connectivity index (χ0) is 19.7. The van der Waals surface area contributed by atoms with Gasteiger partial charge < -0.3 is 19.2 Å². The third kappa shape index (κ3) is 3.70. The van der Waals surface area contributed by atoms with Crippen LogP contribution in [0, 0.1) is 12.8 Å². The van der Waals surface area contributed by atoms with Crippen LogP contribution in [0.3, 0.4) is 0 Å². The summed E-state index contributed by atoms with van der Waals surface area (Å²) in [6.45, 7) is 7.32. The lowest BCUT2D eigenvalue weighted by Crippen LogP contribution is -2.33. The molecule has 0 bridgehead atoms. The predicted octanol–water partition coefficient (Wildman–Crippen LogP) is 4.57. The minimum atomic E-state index is -0.108. The topological polar surface area (TPSA) is 60.7 Å². The molecule has 1 aliphatic heterocycles. The van der Waals surface area contributed by atoms with E-state index in [-0.39, 0.29) is 24.3 Å². The Balaban J connectivity index is 1.52. The summed E-state index contributed by atoms with van der Waals surface area (Å²) in [7, 11) is 0. The first-order valence-electron chi connectivity index (χ1n) is 9.67. The van der Waals surface area contributed by atoms with E-state index in [0.717, 1.165) is 39.2 Å². The molecule has 1 aromatic heterocycles. The van der Waals surface area contributed by atoms with Crippen molar-refractivity contribution in [2.24, 2.45) is 5.92 Å². The predicted molar refractivity (Wildman–Crippen MR) is 108 cm³/mol. The monoisotopic (exact) mass is 379 g/mol. The molecule has 0 spiro atoms. The largest absolute Gasteiger partial charge is 0.486 e. The third-order valence-electron chi connectivity index (χ3n) is 5.07. The molecule has 146 valence electrons. The first kappa shape index (κ1) is 18.4. The van der Waals surface area contributed by atoms with E-state index in [1.807, 2.05) is 43.3 Å². The van der Waals surface area contributed by atoms with Gasteiger partial charge in [-0.25, -0.2) is 0 Å². The lowest BCUT2D eigenvalue weighted by molar-refractivity contribution is -0.121. The second-order valence-corrected chi connectivity index (χ2v) is 7.63. The van der Waals surface area contributed by atoms with Gasteiger partial charge in [0.2, 0.25) is 5.91 Å². The SMILES string of the molecule is Cc1ccc2c(CC(=O)NC(c3ccc4c(c3)OCCO4)C(C)C)coc2c1. The molecule has 1 N–H and O–H groups in total. The molecular weight excluding hydrogens is 354 g/mol. The molecule has 1 amide bonds. The minimum Gasteiger partial charge on any atom is -0.486 e. The number of aryl methyl sites for hydroxylation is 1. The van der Waals surface area contributed by atoms with Crippen molar-refractivity contribution in [1.29, 1.82) is 0 Å². The molecule has 0 fully saturated rings. The standard InChI is InChI=1S/C23H25NO4/c1-14(2)23(16-5-7-19-21(11-16)27-9-8-26-19)24-22(25)12-17-13-28-20-10-15(3)4-6-18(17)20/h4-7,10-11,13-14,23H,8-9,12H2,1-3H3,(H,24,25). The van der Waals surface area contributed by atoms with Gasteiger partial charge in [0, 0.05) is 10.9 Å². The van der Waals surface area contributed by atoms with Crippen LogP contribution in [0.2, 0.25) is 0 Å². The molecule has 3 aromatic rings. The molecule has 0 aliphatic carbocycles. The molecule has 2 aromatic carbocycles. The average Bonchev–Trinajstić information content (AvgIpc) is 3.07. The lowest BCUT2D eigenvalue weighted by Gasteiger charge is -2.25. The molecule has 0 saturated carbocycles. The second kappa shape index (κ2) is 7.58. The van der Waals surface area contributed by atoms with E-state index >= 15 is 0 Å². The second-order valence-electron chi connectivity index (χ2n) is 7.63. The van der Waals surface area contributed by atoms with Crippen molar-refractivity contribution in [3.8, 4) is 11.5 Å². The van der Waals surface area contributed by atoms with Crippen LogP contribution >= 0.6 is 0 Å². The van der Waals surface area contributed by atoms with Crippen LogP contribution in [-0.2, 0) is 11.2 Å². The average molecular weight is 379 g/mol. The van der Waals surface area contributed by atoms with Gasteiger partial charge in [-0.05, 0) is 42.2 Å². The Hall–Kier alpha value is -2.95.